The van der Waals surface area contributed by atoms with Gasteiger partial charge in [0.15, 0.2) is 18.3 Å². The van der Waals surface area contributed by atoms with Crippen molar-refractivity contribution < 1.29 is 19.2 Å². The molecule has 3 rings (SSSR count). The van der Waals surface area contributed by atoms with Crippen molar-refractivity contribution in [3.63, 3.8) is 0 Å². The lowest BCUT2D eigenvalue weighted by molar-refractivity contribution is -0.0885. The molecule has 0 aliphatic carbocycles. The highest BCUT2D eigenvalue weighted by molar-refractivity contribution is 5.91. The number of pyridine rings is 1. The summed E-state index contributed by atoms with van der Waals surface area (Å²) in [7, 11) is 0. The Morgan fingerprint density at radius 2 is 2.27 bits per heavy atom. The monoisotopic (exact) mass is 359 g/mol. The Hall–Kier alpha value is -2.91. The van der Waals surface area contributed by atoms with Gasteiger partial charge >= 0.3 is 0 Å². The molecule has 0 aromatic carbocycles. The largest absolute Gasteiger partial charge is 0.506 e. The molecule has 26 heavy (non-hydrogen) atoms. The number of amides is 1. The topological polar surface area (TPSA) is 114 Å². The van der Waals surface area contributed by atoms with Crippen LogP contribution in [-0.4, -0.2) is 37.6 Å². The number of aromatic hydroxyl groups is 1. The highest BCUT2D eigenvalue weighted by Gasteiger charge is 2.22. The van der Waals surface area contributed by atoms with Crippen molar-refractivity contribution in [3.05, 3.63) is 42.9 Å². The molecule has 3 aromatic rings. The van der Waals surface area contributed by atoms with Crippen LogP contribution in [0.15, 0.2) is 41.6 Å². The maximum Gasteiger partial charge on any atom is 0.273 e. The minimum Gasteiger partial charge on any atom is -0.506 e. The van der Waals surface area contributed by atoms with Crippen LogP contribution >= 0.6 is 0 Å². The molecule has 9 heteroatoms. The van der Waals surface area contributed by atoms with Gasteiger partial charge in [-0.15, -0.1) is 0 Å². The summed E-state index contributed by atoms with van der Waals surface area (Å²) < 4.78 is 6.63. The second-order valence-electron chi connectivity index (χ2n) is 6.59. The molecule has 138 valence electrons. The van der Waals surface area contributed by atoms with E-state index in [9.17, 15) is 9.90 Å². The van der Waals surface area contributed by atoms with E-state index in [1.54, 1.807) is 6.07 Å². The maximum atomic E-state index is 11.9. The third-order valence-corrected chi connectivity index (χ3v) is 3.79. The molecule has 0 aliphatic heterocycles. The summed E-state index contributed by atoms with van der Waals surface area (Å²) in [5.74, 6) is -0.201. The summed E-state index contributed by atoms with van der Waals surface area (Å²) >= 11 is 0. The van der Waals surface area contributed by atoms with Crippen LogP contribution < -0.4 is 10.8 Å². The van der Waals surface area contributed by atoms with Crippen molar-refractivity contribution in [2.75, 3.05) is 6.54 Å². The van der Waals surface area contributed by atoms with E-state index < -0.39 is 5.54 Å². The van der Waals surface area contributed by atoms with Crippen LogP contribution in [-0.2, 0) is 4.84 Å². The Kier molecular flexibility index (Phi) is 4.92. The van der Waals surface area contributed by atoms with Gasteiger partial charge in [0.2, 0.25) is 0 Å². The highest BCUT2D eigenvalue weighted by atomic mass is 16.7. The smallest absolute Gasteiger partial charge is 0.273 e. The van der Waals surface area contributed by atoms with Crippen LogP contribution in [0.25, 0.3) is 11.0 Å². The zero-order valence-electron chi connectivity index (χ0n) is 14.8. The van der Waals surface area contributed by atoms with Crippen molar-refractivity contribution in [2.45, 2.75) is 32.5 Å². The quantitative estimate of drug-likeness (QED) is 0.553. The predicted molar refractivity (Wildman–Crippen MR) is 93.2 cm³/mol. The predicted octanol–water partition coefficient (Wildman–Crippen LogP) is 1.98. The molecule has 3 aromatic heterocycles. The molecular formula is C17H21N5O4. The van der Waals surface area contributed by atoms with Gasteiger partial charge in [-0.2, -0.15) is 5.48 Å². The first-order valence-corrected chi connectivity index (χ1v) is 8.10. The second kappa shape index (κ2) is 7.14. The number of hydrogen-bond acceptors (Lipinski definition) is 7. The highest BCUT2D eigenvalue weighted by Crippen LogP contribution is 2.22. The number of carbonyl (C=O) groups excluding carboxylic acids is 1. The van der Waals surface area contributed by atoms with Gasteiger partial charge in [-0.3, -0.25) is 9.63 Å². The molecule has 1 unspecified atom stereocenters. The van der Waals surface area contributed by atoms with E-state index in [1.807, 2.05) is 37.6 Å². The van der Waals surface area contributed by atoms with E-state index in [0.29, 0.717) is 12.2 Å². The molecule has 1 atom stereocenters. The Labute approximate surface area is 150 Å². The number of fused-ring (bicyclic) bond motifs is 1. The standard InChI is InChI=1S/C17H21N5O4/c1-11(22-5-4-12-6-13(23)7-18-15(12)22)26-21-17(2,3)9-19-16(24)14-8-25-10-20-14/h4-8,10-11,21,23H,9H2,1-3H3,(H,19,24). The van der Waals surface area contributed by atoms with Crippen LogP contribution in [0.3, 0.4) is 0 Å². The Morgan fingerprint density at radius 1 is 1.46 bits per heavy atom. The minimum absolute atomic E-state index is 0.117. The summed E-state index contributed by atoms with van der Waals surface area (Å²) in [4.78, 5) is 25.7. The number of nitrogens with one attached hydrogen (secondary N) is 2. The fourth-order valence-corrected chi connectivity index (χ4v) is 2.38. The molecule has 1 amide bonds. The SMILES string of the molecule is CC(ONC(C)(C)CNC(=O)c1cocn1)n1ccc2cc(O)cnc21. The Morgan fingerprint density at radius 3 is 3.00 bits per heavy atom. The number of hydroxylamine groups is 1. The molecule has 3 heterocycles. The van der Waals surface area contributed by atoms with Crippen LogP contribution in [0.5, 0.6) is 5.75 Å². The van der Waals surface area contributed by atoms with E-state index in [1.165, 1.54) is 18.9 Å². The van der Waals surface area contributed by atoms with Gasteiger partial charge in [0.25, 0.3) is 5.91 Å². The summed E-state index contributed by atoms with van der Waals surface area (Å²) in [6.45, 7) is 5.98. The van der Waals surface area contributed by atoms with E-state index in [4.69, 9.17) is 9.25 Å². The van der Waals surface area contributed by atoms with Gasteiger partial charge in [0, 0.05) is 18.1 Å². The van der Waals surface area contributed by atoms with E-state index in [0.717, 1.165) is 5.39 Å². The van der Waals surface area contributed by atoms with Crippen molar-refractivity contribution in [1.82, 2.24) is 25.3 Å². The maximum absolute atomic E-state index is 11.9. The van der Waals surface area contributed by atoms with E-state index >= 15 is 0 Å². The van der Waals surface area contributed by atoms with Crippen molar-refractivity contribution in [3.8, 4) is 5.75 Å². The van der Waals surface area contributed by atoms with Gasteiger partial charge in [-0.05, 0) is 32.9 Å². The fraction of sp³-hybridized carbons (Fsp3) is 0.353. The summed E-state index contributed by atoms with van der Waals surface area (Å²) in [5, 5.41) is 13.1. The minimum atomic E-state index is -0.525. The molecule has 0 aliphatic rings. The first kappa shape index (κ1) is 17.9. The number of rotatable bonds is 7. The van der Waals surface area contributed by atoms with E-state index in [2.05, 4.69) is 20.8 Å². The average Bonchev–Trinajstić information content (AvgIpc) is 3.27. The lowest BCUT2D eigenvalue weighted by Gasteiger charge is -2.28. The Bertz CT molecular complexity index is 888. The molecule has 0 saturated heterocycles. The molecular weight excluding hydrogens is 338 g/mol. The van der Waals surface area contributed by atoms with Crippen molar-refractivity contribution >= 4 is 16.9 Å². The zero-order valence-corrected chi connectivity index (χ0v) is 14.8. The van der Waals surface area contributed by atoms with Crippen LogP contribution in [0.4, 0.5) is 0 Å². The van der Waals surface area contributed by atoms with Crippen molar-refractivity contribution in [1.29, 1.82) is 0 Å². The van der Waals surface area contributed by atoms with Gasteiger partial charge < -0.3 is 19.4 Å². The first-order valence-electron chi connectivity index (χ1n) is 8.10. The zero-order chi connectivity index (χ0) is 18.7. The van der Waals surface area contributed by atoms with Gasteiger partial charge in [0.1, 0.15) is 17.7 Å². The number of carbonyl (C=O) groups is 1. The van der Waals surface area contributed by atoms with E-state index in [-0.39, 0.29) is 23.6 Å². The average molecular weight is 359 g/mol. The van der Waals surface area contributed by atoms with Crippen molar-refractivity contribution in [2.24, 2.45) is 0 Å². The molecule has 0 bridgehead atoms. The summed E-state index contributed by atoms with van der Waals surface area (Å²) in [5.41, 5.74) is 3.37. The van der Waals surface area contributed by atoms with Crippen LogP contribution in [0.1, 0.15) is 37.5 Å². The molecule has 3 N–H and O–H groups in total. The van der Waals surface area contributed by atoms with Crippen LogP contribution in [0, 0.1) is 0 Å². The van der Waals surface area contributed by atoms with Gasteiger partial charge in [0.05, 0.1) is 11.7 Å². The Balaban J connectivity index is 1.57. The first-order chi connectivity index (χ1) is 12.4. The molecule has 9 nitrogen and oxygen atoms in total. The summed E-state index contributed by atoms with van der Waals surface area (Å²) in [6, 6.07) is 3.49. The number of aromatic nitrogens is 3. The number of nitrogens with zero attached hydrogens (tertiary/aromatic N) is 3. The summed E-state index contributed by atoms with van der Waals surface area (Å²) in [6.07, 6.45) is 5.37. The lowest BCUT2D eigenvalue weighted by Crippen LogP contribution is -2.49. The molecule has 0 saturated carbocycles. The second-order valence-corrected chi connectivity index (χ2v) is 6.59. The third-order valence-electron chi connectivity index (χ3n) is 3.79. The normalized spacial score (nSPS) is 13.0. The molecule has 0 spiro atoms. The molecule has 0 radical (unpaired) electrons. The molecule has 0 fully saturated rings. The van der Waals surface area contributed by atoms with Gasteiger partial charge in [-0.1, -0.05) is 0 Å². The number of oxazole rings is 1. The lowest BCUT2D eigenvalue weighted by atomic mass is 10.1. The third kappa shape index (κ3) is 4.01. The number of hydrogen-bond donors (Lipinski definition) is 3. The van der Waals surface area contributed by atoms with Gasteiger partial charge in [-0.25, -0.2) is 9.97 Å². The fourth-order valence-electron chi connectivity index (χ4n) is 2.38. The van der Waals surface area contributed by atoms with Crippen LogP contribution in [0.2, 0.25) is 0 Å².